The minimum absolute atomic E-state index is 0.0231. The van der Waals surface area contributed by atoms with Gasteiger partial charge in [0.1, 0.15) is 5.82 Å². The first-order chi connectivity index (χ1) is 6.22. The molecule has 1 aromatic carbocycles. The fourth-order valence-electron chi connectivity index (χ4n) is 0.841. The lowest BCUT2D eigenvalue weighted by Crippen LogP contribution is -1.92. The van der Waals surface area contributed by atoms with Crippen molar-refractivity contribution in [1.29, 1.82) is 0 Å². The summed E-state index contributed by atoms with van der Waals surface area (Å²) < 4.78 is 12.5. The van der Waals surface area contributed by atoms with Crippen molar-refractivity contribution in [3.05, 3.63) is 41.7 Å². The molecule has 0 aromatic heterocycles. The minimum Gasteiger partial charge on any atom is -0.207 e. The maximum atomic E-state index is 12.5. The van der Waals surface area contributed by atoms with Crippen LogP contribution in [0.2, 0.25) is 0 Å². The van der Waals surface area contributed by atoms with Crippen molar-refractivity contribution in [2.24, 2.45) is 0 Å². The topological polar surface area (TPSA) is 0 Å². The van der Waals surface area contributed by atoms with Gasteiger partial charge < -0.3 is 0 Å². The lowest BCUT2D eigenvalue weighted by atomic mass is 10.2. The molecule has 0 radical (unpaired) electrons. The molecule has 1 unspecified atom stereocenters. The van der Waals surface area contributed by atoms with Gasteiger partial charge in [-0.05, 0) is 17.7 Å². The molecule has 0 saturated heterocycles. The average molecular weight is 264 g/mol. The van der Waals surface area contributed by atoms with Gasteiger partial charge in [-0.1, -0.05) is 40.2 Å². The van der Waals surface area contributed by atoms with Gasteiger partial charge in [0.05, 0.1) is 5.38 Å². The third kappa shape index (κ3) is 3.92. The number of hydrogen-bond donors (Lipinski definition) is 0. The normalized spacial score (nSPS) is 13.5. The van der Waals surface area contributed by atoms with Crippen molar-refractivity contribution in [2.75, 3.05) is 5.33 Å². The van der Waals surface area contributed by atoms with Crippen LogP contribution in [0.3, 0.4) is 0 Å². The molecule has 0 heterocycles. The van der Waals surface area contributed by atoms with E-state index in [0.717, 1.165) is 5.56 Å². The Kier molecular flexibility index (Phi) is 4.46. The Hall–Kier alpha value is -0.340. The van der Waals surface area contributed by atoms with E-state index in [1.165, 1.54) is 12.1 Å². The summed E-state index contributed by atoms with van der Waals surface area (Å²) in [5, 5.41) is 0.691. The van der Waals surface area contributed by atoms with Gasteiger partial charge in [0, 0.05) is 5.33 Å². The highest BCUT2D eigenvalue weighted by atomic mass is 79.9. The summed E-state index contributed by atoms with van der Waals surface area (Å²) in [6.45, 7) is 0. The number of halogens is 3. The van der Waals surface area contributed by atoms with Gasteiger partial charge >= 0.3 is 0 Å². The van der Waals surface area contributed by atoms with E-state index in [9.17, 15) is 4.39 Å². The largest absolute Gasteiger partial charge is 0.207 e. The van der Waals surface area contributed by atoms with Crippen molar-refractivity contribution in [3.63, 3.8) is 0 Å². The van der Waals surface area contributed by atoms with Gasteiger partial charge in [0.2, 0.25) is 0 Å². The number of hydrogen-bond acceptors (Lipinski definition) is 0. The molecule has 0 nitrogen and oxygen atoms in total. The highest BCUT2D eigenvalue weighted by Gasteiger charge is 1.94. The van der Waals surface area contributed by atoms with E-state index in [4.69, 9.17) is 11.6 Å². The highest BCUT2D eigenvalue weighted by Crippen LogP contribution is 2.08. The molecule has 1 rings (SSSR count). The Bertz CT molecular complexity index is 281. The summed E-state index contributed by atoms with van der Waals surface area (Å²) in [4.78, 5) is 0. The van der Waals surface area contributed by atoms with E-state index in [-0.39, 0.29) is 11.2 Å². The van der Waals surface area contributed by atoms with E-state index >= 15 is 0 Å². The van der Waals surface area contributed by atoms with Gasteiger partial charge in [0.25, 0.3) is 0 Å². The number of rotatable bonds is 3. The molecule has 0 amide bonds. The van der Waals surface area contributed by atoms with Crippen LogP contribution in [0.4, 0.5) is 4.39 Å². The Morgan fingerprint density at radius 2 is 2.00 bits per heavy atom. The lowest BCUT2D eigenvalue weighted by Gasteiger charge is -1.96. The Morgan fingerprint density at radius 1 is 1.38 bits per heavy atom. The lowest BCUT2D eigenvalue weighted by molar-refractivity contribution is 0.628. The molecule has 0 saturated carbocycles. The molecule has 0 bridgehead atoms. The first-order valence-electron chi connectivity index (χ1n) is 3.86. The Balaban J connectivity index is 2.64. The van der Waals surface area contributed by atoms with Gasteiger partial charge in [-0.25, -0.2) is 4.39 Å². The van der Waals surface area contributed by atoms with Gasteiger partial charge in [0.15, 0.2) is 0 Å². The molecule has 0 aliphatic carbocycles. The fraction of sp³-hybridized carbons (Fsp3) is 0.200. The van der Waals surface area contributed by atoms with Crippen LogP contribution < -0.4 is 0 Å². The van der Waals surface area contributed by atoms with Crippen LogP contribution in [0, 0.1) is 5.82 Å². The quantitative estimate of drug-likeness (QED) is 0.727. The summed E-state index contributed by atoms with van der Waals surface area (Å²) in [7, 11) is 0. The number of alkyl halides is 2. The van der Waals surface area contributed by atoms with E-state index < -0.39 is 0 Å². The molecule has 0 aliphatic heterocycles. The smallest absolute Gasteiger partial charge is 0.123 e. The second kappa shape index (κ2) is 5.40. The molecule has 0 N–H and O–H groups in total. The number of benzene rings is 1. The molecule has 0 spiro atoms. The first kappa shape index (κ1) is 10.7. The molecule has 13 heavy (non-hydrogen) atoms. The summed E-state index contributed by atoms with van der Waals surface area (Å²) in [6, 6.07) is 6.28. The third-order valence-electron chi connectivity index (χ3n) is 1.51. The molecule has 70 valence electrons. The minimum atomic E-state index is -0.222. The van der Waals surface area contributed by atoms with Gasteiger partial charge in [-0.15, -0.1) is 11.6 Å². The van der Waals surface area contributed by atoms with Crippen LogP contribution >= 0.6 is 27.5 Å². The average Bonchev–Trinajstić information content (AvgIpc) is 2.16. The molecule has 1 atom stereocenters. The SMILES string of the molecule is Fc1ccc(C=CC(Cl)CBr)cc1. The molecule has 0 aliphatic rings. The van der Waals surface area contributed by atoms with Crippen LogP contribution in [0.25, 0.3) is 6.08 Å². The zero-order chi connectivity index (χ0) is 9.68. The second-order valence-corrected chi connectivity index (χ2v) is 3.79. The summed E-state index contributed by atoms with van der Waals surface area (Å²) in [5.41, 5.74) is 0.952. The van der Waals surface area contributed by atoms with E-state index in [1.54, 1.807) is 12.1 Å². The van der Waals surface area contributed by atoms with Crippen LogP contribution in [-0.2, 0) is 0 Å². The van der Waals surface area contributed by atoms with Gasteiger partial charge in [-0.3, -0.25) is 0 Å². The Labute approximate surface area is 90.5 Å². The molecular formula is C10H9BrClF. The highest BCUT2D eigenvalue weighted by molar-refractivity contribution is 9.09. The van der Waals surface area contributed by atoms with Crippen LogP contribution in [0.5, 0.6) is 0 Å². The van der Waals surface area contributed by atoms with E-state index in [2.05, 4.69) is 15.9 Å². The van der Waals surface area contributed by atoms with Gasteiger partial charge in [-0.2, -0.15) is 0 Å². The van der Waals surface area contributed by atoms with Crippen molar-refractivity contribution in [1.82, 2.24) is 0 Å². The summed E-state index contributed by atoms with van der Waals surface area (Å²) in [5.74, 6) is -0.222. The fourth-order valence-corrected chi connectivity index (χ4v) is 1.13. The standard InChI is InChI=1S/C10H9BrClF/c11-7-9(12)4-1-8-2-5-10(13)6-3-8/h1-6,9H,7H2. The third-order valence-corrected chi connectivity index (χ3v) is 2.89. The maximum Gasteiger partial charge on any atom is 0.123 e. The van der Waals surface area contributed by atoms with Crippen LogP contribution in [0.1, 0.15) is 5.56 Å². The monoisotopic (exact) mass is 262 g/mol. The number of allylic oxidation sites excluding steroid dienone is 1. The second-order valence-electron chi connectivity index (χ2n) is 2.58. The van der Waals surface area contributed by atoms with Crippen molar-refractivity contribution >= 4 is 33.6 Å². The van der Waals surface area contributed by atoms with Crippen molar-refractivity contribution in [2.45, 2.75) is 5.38 Å². The first-order valence-corrected chi connectivity index (χ1v) is 5.42. The summed E-state index contributed by atoms with van der Waals surface area (Å²) in [6.07, 6.45) is 3.74. The van der Waals surface area contributed by atoms with E-state index in [0.29, 0.717) is 5.33 Å². The zero-order valence-electron chi connectivity index (χ0n) is 6.88. The molecule has 1 aromatic rings. The van der Waals surface area contributed by atoms with E-state index in [1.807, 2.05) is 12.2 Å². The molecule has 0 fully saturated rings. The van der Waals surface area contributed by atoms with Crippen molar-refractivity contribution in [3.8, 4) is 0 Å². The van der Waals surface area contributed by atoms with Crippen molar-refractivity contribution < 1.29 is 4.39 Å². The predicted octanol–water partition coefficient (Wildman–Crippen LogP) is 3.84. The Morgan fingerprint density at radius 3 is 2.54 bits per heavy atom. The molecular weight excluding hydrogens is 254 g/mol. The predicted molar refractivity (Wildman–Crippen MR) is 58.9 cm³/mol. The maximum absolute atomic E-state index is 12.5. The zero-order valence-corrected chi connectivity index (χ0v) is 9.22. The van der Waals surface area contributed by atoms with Crippen LogP contribution in [-0.4, -0.2) is 10.7 Å². The molecule has 3 heteroatoms. The summed E-state index contributed by atoms with van der Waals surface area (Å²) >= 11 is 9.10. The van der Waals surface area contributed by atoms with Crippen LogP contribution in [0.15, 0.2) is 30.3 Å².